The van der Waals surface area contributed by atoms with E-state index in [9.17, 15) is 4.79 Å². The van der Waals surface area contributed by atoms with Crippen LogP contribution in [0.25, 0.3) is 0 Å². The Morgan fingerprint density at radius 2 is 1.69 bits per heavy atom. The topological polar surface area (TPSA) is 49.6 Å². The van der Waals surface area contributed by atoms with Crippen molar-refractivity contribution in [3.63, 3.8) is 0 Å². The minimum Gasteiger partial charge on any atom is -0.390 e. The van der Waals surface area contributed by atoms with Gasteiger partial charge in [-0.3, -0.25) is 9.69 Å². The maximum atomic E-state index is 13.0. The largest absolute Gasteiger partial charge is 0.390 e. The molecule has 29 heavy (non-hydrogen) atoms. The second kappa shape index (κ2) is 8.76. The van der Waals surface area contributed by atoms with E-state index in [2.05, 4.69) is 15.9 Å². The summed E-state index contributed by atoms with van der Waals surface area (Å²) >= 11 is 13.7. The smallest absolute Gasteiger partial charge is 0.196 e. The highest BCUT2D eigenvalue weighted by atomic mass is 35.5. The van der Waals surface area contributed by atoms with Crippen LogP contribution < -0.4 is 10.6 Å². The SMILES string of the molecule is Nc1scc(CN2CCN(c3ccccc3Cl)CC2)c1C(=O)c1ccc(Cl)cc1. The lowest BCUT2D eigenvalue weighted by molar-refractivity contribution is 0.103. The van der Waals surface area contributed by atoms with Gasteiger partial charge in [0, 0.05) is 43.3 Å². The van der Waals surface area contributed by atoms with Gasteiger partial charge in [0.25, 0.3) is 0 Å². The number of hydrogen-bond acceptors (Lipinski definition) is 5. The number of anilines is 2. The maximum absolute atomic E-state index is 13.0. The molecule has 1 aromatic heterocycles. The fourth-order valence-electron chi connectivity index (χ4n) is 3.63. The number of nitrogen functional groups attached to an aromatic ring is 1. The first kappa shape index (κ1) is 20.2. The van der Waals surface area contributed by atoms with Gasteiger partial charge in [-0.15, -0.1) is 11.3 Å². The Morgan fingerprint density at radius 1 is 1.00 bits per heavy atom. The van der Waals surface area contributed by atoms with Crippen LogP contribution in [-0.4, -0.2) is 36.9 Å². The van der Waals surface area contributed by atoms with Gasteiger partial charge < -0.3 is 10.6 Å². The number of ketones is 1. The number of halogens is 2. The Balaban J connectivity index is 1.45. The van der Waals surface area contributed by atoms with Crippen molar-refractivity contribution in [1.82, 2.24) is 4.90 Å². The van der Waals surface area contributed by atoms with Gasteiger partial charge in [0.05, 0.1) is 21.3 Å². The molecule has 3 aromatic rings. The molecule has 150 valence electrons. The third-order valence-electron chi connectivity index (χ3n) is 5.19. The molecule has 0 amide bonds. The van der Waals surface area contributed by atoms with E-state index in [1.807, 2.05) is 23.6 Å². The summed E-state index contributed by atoms with van der Waals surface area (Å²) in [5.74, 6) is -0.0508. The Labute approximate surface area is 184 Å². The molecule has 1 aliphatic heterocycles. The van der Waals surface area contributed by atoms with Crippen LogP contribution in [0.3, 0.4) is 0 Å². The fraction of sp³-hybridized carbons (Fsp3) is 0.227. The molecular formula is C22H21Cl2N3OS. The highest BCUT2D eigenvalue weighted by Crippen LogP contribution is 2.30. The molecule has 1 aliphatic rings. The summed E-state index contributed by atoms with van der Waals surface area (Å²) < 4.78 is 0. The molecule has 2 aromatic carbocycles. The summed E-state index contributed by atoms with van der Waals surface area (Å²) in [5.41, 5.74) is 9.44. The van der Waals surface area contributed by atoms with Crippen LogP contribution in [0, 0.1) is 0 Å². The van der Waals surface area contributed by atoms with Crippen LogP contribution in [0.1, 0.15) is 21.5 Å². The molecule has 2 N–H and O–H groups in total. The molecule has 2 heterocycles. The maximum Gasteiger partial charge on any atom is 0.196 e. The molecule has 1 fully saturated rings. The first-order valence-corrected chi connectivity index (χ1v) is 11.0. The number of para-hydroxylation sites is 1. The normalized spacial score (nSPS) is 14.9. The molecule has 4 nitrogen and oxygen atoms in total. The minimum atomic E-state index is -0.0508. The fourth-order valence-corrected chi connectivity index (χ4v) is 4.81. The minimum absolute atomic E-state index is 0.0508. The molecule has 0 saturated carbocycles. The second-order valence-corrected chi connectivity index (χ2v) is 8.81. The van der Waals surface area contributed by atoms with Gasteiger partial charge in [-0.2, -0.15) is 0 Å². The van der Waals surface area contributed by atoms with Crippen molar-refractivity contribution >= 4 is 51.0 Å². The number of carbonyl (C=O) groups is 1. The lowest BCUT2D eigenvalue weighted by Crippen LogP contribution is -2.46. The van der Waals surface area contributed by atoms with E-state index in [0.29, 0.717) is 27.7 Å². The monoisotopic (exact) mass is 445 g/mol. The first-order valence-electron chi connectivity index (χ1n) is 9.41. The third-order valence-corrected chi connectivity index (χ3v) is 6.62. The van der Waals surface area contributed by atoms with E-state index in [1.54, 1.807) is 24.3 Å². The lowest BCUT2D eigenvalue weighted by Gasteiger charge is -2.36. The zero-order valence-corrected chi connectivity index (χ0v) is 18.1. The molecule has 0 aliphatic carbocycles. The summed E-state index contributed by atoms with van der Waals surface area (Å²) in [4.78, 5) is 17.7. The highest BCUT2D eigenvalue weighted by molar-refractivity contribution is 7.14. The standard InChI is InChI=1S/C22H21Cl2N3OS/c23-17-7-5-15(6-8-17)21(28)20-16(14-29-22(20)25)13-26-9-11-27(12-10-26)19-4-2-1-3-18(19)24/h1-8,14H,9-13,25H2. The van der Waals surface area contributed by atoms with Gasteiger partial charge in [-0.05, 0) is 47.3 Å². The number of thiophene rings is 1. The molecule has 4 rings (SSSR count). The Bertz CT molecular complexity index is 1010. The zero-order chi connectivity index (χ0) is 20.4. The average Bonchev–Trinajstić information content (AvgIpc) is 3.09. The molecule has 0 bridgehead atoms. The molecular weight excluding hydrogens is 425 g/mol. The molecule has 0 radical (unpaired) electrons. The number of hydrogen-bond donors (Lipinski definition) is 1. The van der Waals surface area contributed by atoms with Crippen LogP contribution in [0.2, 0.25) is 10.0 Å². The lowest BCUT2D eigenvalue weighted by atomic mass is 10.0. The predicted octanol–water partition coefficient (Wildman–Crippen LogP) is 5.19. The number of benzene rings is 2. The van der Waals surface area contributed by atoms with Crippen molar-refractivity contribution in [1.29, 1.82) is 0 Å². The van der Waals surface area contributed by atoms with Gasteiger partial charge in [-0.1, -0.05) is 35.3 Å². The van der Waals surface area contributed by atoms with Crippen molar-refractivity contribution < 1.29 is 4.79 Å². The summed E-state index contributed by atoms with van der Waals surface area (Å²) in [7, 11) is 0. The number of piperazine rings is 1. The van der Waals surface area contributed by atoms with Gasteiger partial charge in [0.1, 0.15) is 0 Å². The Morgan fingerprint density at radius 3 is 2.38 bits per heavy atom. The number of carbonyl (C=O) groups excluding carboxylic acids is 1. The van der Waals surface area contributed by atoms with E-state index < -0.39 is 0 Å². The van der Waals surface area contributed by atoms with Crippen molar-refractivity contribution in [2.45, 2.75) is 6.54 Å². The summed E-state index contributed by atoms with van der Waals surface area (Å²) in [6.45, 7) is 4.29. The van der Waals surface area contributed by atoms with Crippen molar-refractivity contribution in [3.8, 4) is 0 Å². The number of nitrogens with zero attached hydrogens (tertiary/aromatic N) is 2. The van der Waals surface area contributed by atoms with Crippen LogP contribution >= 0.6 is 34.5 Å². The first-order chi connectivity index (χ1) is 14.0. The van der Waals surface area contributed by atoms with E-state index >= 15 is 0 Å². The van der Waals surface area contributed by atoms with Crippen molar-refractivity contribution in [2.75, 3.05) is 36.8 Å². The predicted molar refractivity (Wildman–Crippen MR) is 123 cm³/mol. The summed E-state index contributed by atoms with van der Waals surface area (Å²) in [6.07, 6.45) is 0. The second-order valence-electron chi connectivity index (χ2n) is 7.05. The van der Waals surface area contributed by atoms with Crippen molar-refractivity contribution in [2.24, 2.45) is 0 Å². The Hall–Kier alpha value is -2.05. The van der Waals surface area contributed by atoms with E-state index in [1.165, 1.54) is 11.3 Å². The third kappa shape index (κ3) is 4.43. The van der Waals surface area contributed by atoms with Gasteiger partial charge in [0.15, 0.2) is 5.78 Å². The molecule has 0 unspecified atom stereocenters. The number of nitrogens with two attached hydrogens (primary N) is 1. The van der Waals surface area contributed by atoms with Gasteiger partial charge in [0.2, 0.25) is 0 Å². The zero-order valence-electron chi connectivity index (χ0n) is 15.8. The van der Waals surface area contributed by atoms with Crippen molar-refractivity contribution in [3.05, 3.63) is 80.6 Å². The Kier molecular flexibility index (Phi) is 6.11. The summed E-state index contributed by atoms with van der Waals surface area (Å²) in [5, 5.41) is 3.95. The van der Waals surface area contributed by atoms with Gasteiger partial charge in [-0.25, -0.2) is 0 Å². The van der Waals surface area contributed by atoms with Crippen LogP contribution in [-0.2, 0) is 6.54 Å². The highest BCUT2D eigenvalue weighted by Gasteiger charge is 2.23. The quantitative estimate of drug-likeness (QED) is 0.548. The van der Waals surface area contributed by atoms with Crippen LogP contribution in [0.15, 0.2) is 53.9 Å². The van der Waals surface area contributed by atoms with E-state index in [-0.39, 0.29) is 5.78 Å². The molecule has 0 atom stereocenters. The van der Waals surface area contributed by atoms with E-state index in [0.717, 1.165) is 42.5 Å². The number of rotatable bonds is 5. The summed E-state index contributed by atoms with van der Waals surface area (Å²) in [6, 6.07) is 14.9. The van der Waals surface area contributed by atoms with Crippen LogP contribution in [0.5, 0.6) is 0 Å². The van der Waals surface area contributed by atoms with Crippen LogP contribution in [0.4, 0.5) is 10.7 Å². The average molecular weight is 446 g/mol. The molecule has 7 heteroatoms. The molecule has 0 spiro atoms. The van der Waals surface area contributed by atoms with Gasteiger partial charge >= 0.3 is 0 Å². The molecule has 1 saturated heterocycles. The van der Waals surface area contributed by atoms with E-state index in [4.69, 9.17) is 28.9 Å².